The standard InChI is InChI=1S/C13H17N5O2/c1-3-4-10-5-9(13(19)20)6-11(16-10)14-7-12-17-15-8-18(12)2/h5-6,8H,3-4,7H2,1-2H3,(H,14,16)(H,19,20). The normalized spacial score (nSPS) is 10.5. The summed E-state index contributed by atoms with van der Waals surface area (Å²) in [5.41, 5.74) is 1.01. The molecule has 0 amide bonds. The van der Waals surface area contributed by atoms with Crippen LogP contribution in [0, 0.1) is 0 Å². The van der Waals surface area contributed by atoms with Crippen molar-refractivity contribution in [1.29, 1.82) is 0 Å². The first-order valence-corrected chi connectivity index (χ1v) is 6.41. The number of rotatable bonds is 6. The molecule has 2 aromatic heterocycles. The summed E-state index contributed by atoms with van der Waals surface area (Å²) in [6.07, 6.45) is 3.28. The van der Waals surface area contributed by atoms with E-state index in [0.717, 1.165) is 24.4 Å². The van der Waals surface area contributed by atoms with Crippen molar-refractivity contribution in [2.75, 3.05) is 5.32 Å². The summed E-state index contributed by atoms with van der Waals surface area (Å²) in [5.74, 6) is 0.340. The first-order valence-electron chi connectivity index (χ1n) is 6.41. The average Bonchev–Trinajstić information content (AvgIpc) is 2.82. The van der Waals surface area contributed by atoms with Crippen molar-refractivity contribution >= 4 is 11.8 Å². The van der Waals surface area contributed by atoms with Gasteiger partial charge in [0.1, 0.15) is 12.1 Å². The molecule has 20 heavy (non-hydrogen) atoms. The lowest BCUT2D eigenvalue weighted by Gasteiger charge is -2.08. The van der Waals surface area contributed by atoms with Crippen LogP contribution in [-0.2, 0) is 20.0 Å². The molecule has 2 heterocycles. The molecule has 0 aliphatic heterocycles. The summed E-state index contributed by atoms with van der Waals surface area (Å²) in [4.78, 5) is 15.5. The minimum absolute atomic E-state index is 0.240. The van der Waals surface area contributed by atoms with Crippen LogP contribution in [0.5, 0.6) is 0 Å². The SMILES string of the molecule is CCCc1cc(C(=O)O)cc(NCc2nncn2C)n1. The Morgan fingerprint density at radius 3 is 2.85 bits per heavy atom. The Labute approximate surface area is 116 Å². The molecule has 0 aliphatic carbocycles. The molecule has 0 spiro atoms. The second kappa shape index (κ2) is 6.14. The number of nitrogens with one attached hydrogen (secondary N) is 1. The molecule has 7 nitrogen and oxygen atoms in total. The first-order chi connectivity index (χ1) is 9.60. The molecule has 2 N–H and O–H groups in total. The van der Waals surface area contributed by atoms with E-state index in [-0.39, 0.29) is 5.56 Å². The zero-order valence-corrected chi connectivity index (χ0v) is 11.5. The zero-order chi connectivity index (χ0) is 14.5. The molecule has 0 fully saturated rings. The molecular weight excluding hydrogens is 258 g/mol. The van der Waals surface area contributed by atoms with Gasteiger partial charge in [0.2, 0.25) is 0 Å². The summed E-state index contributed by atoms with van der Waals surface area (Å²) in [6.45, 7) is 2.47. The van der Waals surface area contributed by atoms with Gasteiger partial charge < -0.3 is 15.0 Å². The molecule has 0 saturated heterocycles. The lowest BCUT2D eigenvalue weighted by Crippen LogP contribution is -2.09. The van der Waals surface area contributed by atoms with Gasteiger partial charge in [0.25, 0.3) is 0 Å². The third-order valence-electron chi connectivity index (χ3n) is 2.86. The van der Waals surface area contributed by atoms with Crippen LogP contribution in [0.1, 0.15) is 35.2 Å². The smallest absolute Gasteiger partial charge is 0.335 e. The second-order valence-corrected chi connectivity index (χ2v) is 4.50. The molecule has 2 rings (SSSR count). The van der Waals surface area contributed by atoms with E-state index in [2.05, 4.69) is 20.5 Å². The van der Waals surface area contributed by atoms with Crippen LogP contribution < -0.4 is 5.32 Å². The van der Waals surface area contributed by atoms with E-state index in [9.17, 15) is 4.79 Å². The van der Waals surface area contributed by atoms with Gasteiger partial charge in [0, 0.05) is 12.7 Å². The van der Waals surface area contributed by atoms with Crippen LogP contribution in [-0.4, -0.2) is 30.8 Å². The summed E-state index contributed by atoms with van der Waals surface area (Å²) in [7, 11) is 1.85. The lowest BCUT2D eigenvalue weighted by molar-refractivity contribution is 0.0696. The Kier molecular flexibility index (Phi) is 4.29. The quantitative estimate of drug-likeness (QED) is 0.829. The highest BCUT2D eigenvalue weighted by atomic mass is 16.4. The largest absolute Gasteiger partial charge is 0.478 e. The predicted octanol–water partition coefficient (Wildman–Crippen LogP) is 1.47. The molecule has 0 aromatic carbocycles. The summed E-state index contributed by atoms with van der Waals surface area (Å²) in [5, 5.41) is 19.9. The van der Waals surface area contributed by atoms with E-state index in [1.54, 1.807) is 17.0 Å². The van der Waals surface area contributed by atoms with E-state index in [0.29, 0.717) is 12.4 Å². The van der Waals surface area contributed by atoms with Crippen LogP contribution in [0.4, 0.5) is 5.82 Å². The fourth-order valence-corrected chi connectivity index (χ4v) is 1.82. The number of aryl methyl sites for hydroxylation is 2. The van der Waals surface area contributed by atoms with Crippen molar-refractivity contribution in [2.24, 2.45) is 7.05 Å². The number of nitrogens with zero attached hydrogens (tertiary/aromatic N) is 4. The third-order valence-corrected chi connectivity index (χ3v) is 2.86. The highest BCUT2D eigenvalue weighted by Crippen LogP contribution is 2.13. The Bertz CT molecular complexity index is 609. The molecule has 2 aromatic rings. The van der Waals surface area contributed by atoms with Gasteiger partial charge in [0.15, 0.2) is 5.82 Å². The van der Waals surface area contributed by atoms with Gasteiger partial charge in [-0.1, -0.05) is 13.3 Å². The van der Waals surface area contributed by atoms with Gasteiger partial charge in [0.05, 0.1) is 12.1 Å². The highest BCUT2D eigenvalue weighted by Gasteiger charge is 2.09. The van der Waals surface area contributed by atoms with Crippen LogP contribution in [0.25, 0.3) is 0 Å². The fourth-order valence-electron chi connectivity index (χ4n) is 1.82. The fraction of sp³-hybridized carbons (Fsp3) is 0.385. The Morgan fingerprint density at radius 1 is 1.45 bits per heavy atom. The zero-order valence-electron chi connectivity index (χ0n) is 11.5. The van der Waals surface area contributed by atoms with E-state index in [4.69, 9.17) is 5.11 Å². The van der Waals surface area contributed by atoms with Crippen molar-refractivity contribution < 1.29 is 9.90 Å². The Hall–Kier alpha value is -2.44. The van der Waals surface area contributed by atoms with Crippen molar-refractivity contribution in [2.45, 2.75) is 26.3 Å². The maximum atomic E-state index is 11.1. The van der Waals surface area contributed by atoms with Gasteiger partial charge in [-0.3, -0.25) is 0 Å². The lowest BCUT2D eigenvalue weighted by atomic mass is 10.1. The van der Waals surface area contributed by atoms with Crippen LogP contribution >= 0.6 is 0 Å². The number of hydrogen-bond acceptors (Lipinski definition) is 5. The van der Waals surface area contributed by atoms with Crippen LogP contribution in [0.2, 0.25) is 0 Å². The first kappa shape index (κ1) is 14.0. The average molecular weight is 275 g/mol. The van der Waals surface area contributed by atoms with Crippen LogP contribution in [0.15, 0.2) is 18.5 Å². The maximum absolute atomic E-state index is 11.1. The van der Waals surface area contributed by atoms with Crippen LogP contribution in [0.3, 0.4) is 0 Å². The Morgan fingerprint density at radius 2 is 2.25 bits per heavy atom. The van der Waals surface area contributed by atoms with Crippen molar-refractivity contribution in [3.63, 3.8) is 0 Å². The molecule has 0 aliphatic rings. The molecule has 0 atom stereocenters. The number of carbonyl (C=O) groups is 1. The number of aromatic carboxylic acids is 1. The predicted molar refractivity (Wildman–Crippen MR) is 73.5 cm³/mol. The minimum Gasteiger partial charge on any atom is -0.478 e. The van der Waals surface area contributed by atoms with Gasteiger partial charge in [-0.05, 0) is 18.6 Å². The number of carboxylic acids is 1. The molecule has 0 bridgehead atoms. The molecule has 0 radical (unpaired) electrons. The molecule has 0 unspecified atom stereocenters. The van der Waals surface area contributed by atoms with Gasteiger partial charge in [-0.15, -0.1) is 10.2 Å². The van der Waals surface area contributed by atoms with Crippen molar-refractivity contribution in [1.82, 2.24) is 19.7 Å². The second-order valence-electron chi connectivity index (χ2n) is 4.50. The molecule has 106 valence electrons. The summed E-state index contributed by atoms with van der Waals surface area (Å²) in [6, 6.07) is 3.14. The molecular formula is C13H17N5O2. The highest BCUT2D eigenvalue weighted by molar-refractivity contribution is 5.88. The number of aromatic nitrogens is 4. The topological polar surface area (TPSA) is 92.9 Å². The van der Waals surface area contributed by atoms with Gasteiger partial charge >= 0.3 is 5.97 Å². The number of anilines is 1. The Balaban J connectivity index is 2.17. The monoisotopic (exact) mass is 275 g/mol. The van der Waals surface area contributed by atoms with E-state index < -0.39 is 5.97 Å². The van der Waals surface area contributed by atoms with Gasteiger partial charge in [-0.2, -0.15) is 0 Å². The maximum Gasteiger partial charge on any atom is 0.335 e. The van der Waals surface area contributed by atoms with E-state index in [1.165, 1.54) is 6.07 Å². The van der Waals surface area contributed by atoms with Crippen molar-refractivity contribution in [3.05, 3.63) is 35.5 Å². The molecule has 7 heteroatoms. The number of carboxylic acid groups (broad SMARTS) is 1. The van der Waals surface area contributed by atoms with Crippen molar-refractivity contribution in [3.8, 4) is 0 Å². The number of hydrogen-bond donors (Lipinski definition) is 2. The number of pyridine rings is 1. The molecule has 0 saturated carbocycles. The summed E-state index contributed by atoms with van der Waals surface area (Å²) < 4.78 is 1.79. The van der Waals surface area contributed by atoms with E-state index >= 15 is 0 Å². The van der Waals surface area contributed by atoms with Gasteiger partial charge in [-0.25, -0.2) is 9.78 Å². The third kappa shape index (κ3) is 3.31. The summed E-state index contributed by atoms with van der Waals surface area (Å²) >= 11 is 0. The minimum atomic E-state index is -0.952. The van der Waals surface area contributed by atoms with E-state index in [1.807, 2.05) is 14.0 Å².